The third kappa shape index (κ3) is 2.25. The van der Waals surface area contributed by atoms with Crippen LogP contribution in [-0.4, -0.2) is 71.0 Å². The molecule has 5 N–H and O–H groups in total. The van der Waals surface area contributed by atoms with Gasteiger partial charge in [-0.15, -0.1) is 0 Å². The van der Waals surface area contributed by atoms with E-state index in [1.54, 1.807) is 0 Å². The number of aliphatic hydroxyl groups is 4. The molecule has 21 heavy (non-hydrogen) atoms. The molecule has 0 aromatic carbocycles. The number of hydrogen-bond donors (Lipinski definition) is 5. The van der Waals surface area contributed by atoms with Crippen LogP contribution in [0.4, 0.5) is 0 Å². The van der Waals surface area contributed by atoms with Crippen LogP contribution in [0.3, 0.4) is 0 Å². The number of aliphatic hydroxyl groups excluding tert-OH is 4. The molecule has 114 valence electrons. The Bertz CT molecular complexity index is 703. The summed E-state index contributed by atoms with van der Waals surface area (Å²) >= 11 is 5.05. The van der Waals surface area contributed by atoms with Gasteiger partial charge in [-0.25, -0.2) is 9.97 Å². The summed E-state index contributed by atoms with van der Waals surface area (Å²) in [6.45, 7) is -0.585. The van der Waals surface area contributed by atoms with Crippen molar-refractivity contribution < 1.29 is 25.2 Å². The fourth-order valence-electron chi connectivity index (χ4n) is 2.40. The number of fused-ring (bicyclic) bond motifs is 1. The highest BCUT2D eigenvalue weighted by Crippen LogP contribution is 2.32. The number of aromatic nitrogens is 4. The summed E-state index contributed by atoms with van der Waals surface area (Å²) in [5.74, 6) is 0. The van der Waals surface area contributed by atoms with E-state index in [2.05, 4.69) is 15.0 Å². The predicted octanol–water partition coefficient (Wildman–Crippen LogP) is -1.54. The number of nitrogens with zero attached hydrogens (tertiary/aromatic N) is 3. The molecule has 3 rings (SSSR count). The van der Waals surface area contributed by atoms with Crippen molar-refractivity contribution in [1.82, 2.24) is 19.5 Å². The third-order valence-electron chi connectivity index (χ3n) is 3.50. The number of H-pyrrole nitrogens is 1. The lowest BCUT2D eigenvalue weighted by molar-refractivity contribution is -0.0962. The predicted molar refractivity (Wildman–Crippen MR) is 71.7 cm³/mol. The van der Waals surface area contributed by atoms with Crippen LogP contribution in [0.15, 0.2) is 12.7 Å². The van der Waals surface area contributed by atoms with E-state index in [1.165, 1.54) is 17.2 Å². The zero-order valence-electron chi connectivity index (χ0n) is 10.7. The second kappa shape index (κ2) is 5.40. The molecule has 2 aromatic heterocycles. The van der Waals surface area contributed by atoms with E-state index >= 15 is 0 Å². The van der Waals surface area contributed by atoms with Crippen LogP contribution >= 0.6 is 12.2 Å². The van der Waals surface area contributed by atoms with E-state index in [0.29, 0.717) is 15.8 Å². The molecule has 1 aliphatic rings. The minimum absolute atomic E-state index is 0.294. The summed E-state index contributed by atoms with van der Waals surface area (Å²) in [6.07, 6.45) is -3.20. The molecule has 10 heteroatoms. The summed E-state index contributed by atoms with van der Waals surface area (Å²) in [5.41, 5.74) is 0.911. The van der Waals surface area contributed by atoms with E-state index < -0.39 is 37.3 Å². The smallest absolute Gasteiger partial charge is 0.165 e. The van der Waals surface area contributed by atoms with Crippen molar-refractivity contribution in [1.29, 1.82) is 0 Å². The van der Waals surface area contributed by atoms with Gasteiger partial charge >= 0.3 is 0 Å². The quantitative estimate of drug-likeness (QED) is 0.430. The number of imidazole rings is 1. The van der Waals surface area contributed by atoms with Crippen molar-refractivity contribution in [2.75, 3.05) is 6.61 Å². The van der Waals surface area contributed by atoms with Crippen molar-refractivity contribution in [3.63, 3.8) is 0 Å². The number of rotatable bonds is 3. The highest BCUT2D eigenvalue weighted by molar-refractivity contribution is 7.71. The van der Waals surface area contributed by atoms with Crippen molar-refractivity contribution in [2.45, 2.75) is 30.6 Å². The highest BCUT2D eigenvalue weighted by Gasteiger charge is 2.47. The average Bonchev–Trinajstić information content (AvgIpc) is 3.02. The molecule has 1 saturated heterocycles. The zero-order chi connectivity index (χ0) is 15.1. The van der Waals surface area contributed by atoms with E-state index in [-0.39, 0.29) is 0 Å². The fourth-order valence-corrected chi connectivity index (χ4v) is 2.61. The lowest BCUT2D eigenvalue weighted by Gasteiger charge is -2.18. The lowest BCUT2D eigenvalue weighted by Crippen LogP contribution is -2.40. The maximum absolute atomic E-state index is 10.1. The van der Waals surface area contributed by atoms with Gasteiger partial charge in [0.2, 0.25) is 0 Å². The Kier molecular flexibility index (Phi) is 3.73. The molecule has 0 saturated carbocycles. The Morgan fingerprint density at radius 3 is 2.86 bits per heavy atom. The number of ether oxygens (including phenoxy) is 1. The highest BCUT2D eigenvalue weighted by atomic mass is 32.1. The molecule has 0 bridgehead atoms. The number of aromatic amines is 1. The standard InChI is InChI=1S/C11H14N4O5S/c16-1-4(17)8-6(18)7(19)11(20-8)15-3-14-5-9(15)12-2-13-10(5)21/h2-4,6-8,11,16-19H,1H2,(H,12,13,21)/t4-,6+,7-,8+,11+/m1/s1. The van der Waals surface area contributed by atoms with Gasteiger partial charge in [-0.3, -0.25) is 4.57 Å². The minimum Gasteiger partial charge on any atom is -0.394 e. The normalized spacial score (nSPS) is 30.9. The lowest BCUT2D eigenvalue weighted by atomic mass is 10.1. The number of hydrogen-bond acceptors (Lipinski definition) is 8. The molecular weight excluding hydrogens is 300 g/mol. The van der Waals surface area contributed by atoms with E-state index in [4.69, 9.17) is 22.1 Å². The van der Waals surface area contributed by atoms with Gasteiger partial charge in [0.05, 0.1) is 19.3 Å². The van der Waals surface area contributed by atoms with Crippen LogP contribution in [0.2, 0.25) is 0 Å². The molecule has 0 amide bonds. The van der Waals surface area contributed by atoms with E-state index in [0.717, 1.165) is 0 Å². The van der Waals surface area contributed by atoms with Crippen LogP contribution in [0.25, 0.3) is 11.2 Å². The van der Waals surface area contributed by atoms with Gasteiger partial charge < -0.3 is 30.1 Å². The number of nitrogens with one attached hydrogen (secondary N) is 1. The Labute approximate surface area is 123 Å². The van der Waals surface area contributed by atoms with Crippen molar-refractivity contribution in [3.05, 3.63) is 17.3 Å². The summed E-state index contributed by atoms with van der Waals surface area (Å²) < 4.78 is 7.23. The third-order valence-corrected chi connectivity index (χ3v) is 3.79. The van der Waals surface area contributed by atoms with Crippen LogP contribution < -0.4 is 0 Å². The monoisotopic (exact) mass is 314 g/mol. The fraction of sp³-hybridized carbons (Fsp3) is 0.545. The topological polar surface area (TPSA) is 137 Å². The summed E-state index contributed by atoms with van der Waals surface area (Å²) in [5, 5.41) is 38.6. The largest absolute Gasteiger partial charge is 0.394 e. The molecule has 0 aliphatic carbocycles. The molecule has 0 spiro atoms. The van der Waals surface area contributed by atoms with Crippen molar-refractivity contribution >= 4 is 23.4 Å². The Morgan fingerprint density at radius 1 is 1.38 bits per heavy atom. The van der Waals surface area contributed by atoms with Gasteiger partial charge in [0, 0.05) is 0 Å². The minimum atomic E-state index is -1.33. The molecule has 1 aliphatic heterocycles. The van der Waals surface area contributed by atoms with E-state index in [1.807, 2.05) is 0 Å². The molecular formula is C11H14N4O5S. The molecule has 9 nitrogen and oxygen atoms in total. The maximum atomic E-state index is 10.1. The van der Waals surface area contributed by atoms with E-state index in [9.17, 15) is 15.3 Å². The summed E-state index contributed by atoms with van der Waals surface area (Å²) in [7, 11) is 0. The summed E-state index contributed by atoms with van der Waals surface area (Å²) in [6, 6.07) is 0. The SMILES string of the molecule is OC[C@@H](O)[C@@H]1O[C@H](n2cnc3c(=S)nc[nH]c32)[C@H](O)[C@@H]1O. The first-order valence-electron chi connectivity index (χ1n) is 6.25. The van der Waals surface area contributed by atoms with Gasteiger partial charge in [0.15, 0.2) is 10.9 Å². The van der Waals surface area contributed by atoms with Crippen LogP contribution in [0, 0.1) is 4.64 Å². The zero-order valence-corrected chi connectivity index (χ0v) is 11.5. The summed E-state index contributed by atoms with van der Waals surface area (Å²) in [4.78, 5) is 10.8. The van der Waals surface area contributed by atoms with Gasteiger partial charge in [-0.1, -0.05) is 12.2 Å². The molecule has 5 atom stereocenters. The van der Waals surface area contributed by atoms with Crippen LogP contribution in [0.1, 0.15) is 6.23 Å². The van der Waals surface area contributed by atoms with Crippen molar-refractivity contribution in [3.8, 4) is 0 Å². The van der Waals surface area contributed by atoms with Crippen LogP contribution in [-0.2, 0) is 4.74 Å². The average molecular weight is 314 g/mol. The molecule has 0 radical (unpaired) electrons. The van der Waals surface area contributed by atoms with Gasteiger partial charge in [0.25, 0.3) is 0 Å². The first kappa shape index (κ1) is 14.5. The Hall–Kier alpha value is -1.43. The molecule has 0 unspecified atom stereocenters. The van der Waals surface area contributed by atoms with Crippen LogP contribution in [0.5, 0.6) is 0 Å². The Balaban J connectivity index is 2.00. The molecule has 3 heterocycles. The first-order valence-corrected chi connectivity index (χ1v) is 6.66. The molecule has 1 fully saturated rings. The maximum Gasteiger partial charge on any atom is 0.165 e. The first-order chi connectivity index (χ1) is 10.0. The second-order valence-corrected chi connectivity index (χ2v) is 5.17. The van der Waals surface area contributed by atoms with Crippen molar-refractivity contribution in [2.24, 2.45) is 0 Å². The molecule has 2 aromatic rings. The van der Waals surface area contributed by atoms with Gasteiger partial charge in [-0.05, 0) is 0 Å². The Morgan fingerprint density at radius 2 is 2.14 bits per heavy atom. The van der Waals surface area contributed by atoms with Gasteiger partial charge in [-0.2, -0.15) is 0 Å². The second-order valence-electron chi connectivity index (χ2n) is 4.78. The van der Waals surface area contributed by atoms with Gasteiger partial charge in [0.1, 0.15) is 35.6 Å².